The fraction of sp³-hybridized carbons (Fsp3) is 0.227. The highest BCUT2D eigenvalue weighted by atomic mass is 16.2. The van der Waals surface area contributed by atoms with Crippen molar-refractivity contribution in [3.8, 4) is 0 Å². The van der Waals surface area contributed by atoms with Crippen molar-refractivity contribution in [1.29, 1.82) is 0 Å². The number of nitrogens with one attached hydrogen (secondary N) is 2. The standard InChI is InChI=1S/C22H22N4O2/c1-4-26(12-19-24-18-11-6-5-8-16(18)21(27)25-19)22(28)17-10-7-9-15-13(2)14(3)23-20(15)17/h5-11,23H,4,12H2,1-3H3,(H,24,25,27). The third-order valence-electron chi connectivity index (χ3n) is 5.25. The van der Waals surface area contributed by atoms with Crippen molar-refractivity contribution >= 4 is 27.7 Å². The second-order valence-electron chi connectivity index (χ2n) is 6.95. The molecule has 0 saturated heterocycles. The zero-order valence-electron chi connectivity index (χ0n) is 16.2. The van der Waals surface area contributed by atoms with E-state index in [0.29, 0.717) is 28.8 Å². The van der Waals surface area contributed by atoms with E-state index >= 15 is 0 Å². The maximum absolute atomic E-state index is 13.2. The Morgan fingerprint density at radius 3 is 2.57 bits per heavy atom. The second kappa shape index (κ2) is 6.96. The normalized spacial score (nSPS) is 11.2. The number of carbonyl (C=O) groups excluding carboxylic acids is 1. The molecule has 2 heterocycles. The monoisotopic (exact) mass is 374 g/mol. The quantitative estimate of drug-likeness (QED) is 0.572. The predicted octanol–water partition coefficient (Wildman–Crippen LogP) is 3.68. The number of rotatable bonds is 4. The van der Waals surface area contributed by atoms with Crippen molar-refractivity contribution in [2.45, 2.75) is 27.3 Å². The molecule has 0 aliphatic carbocycles. The Labute approximate surface area is 162 Å². The first kappa shape index (κ1) is 18.0. The van der Waals surface area contributed by atoms with Gasteiger partial charge >= 0.3 is 0 Å². The Morgan fingerprint density at radius 1 is 1.04 bits per heavy atom. The minimum atomic E-state index is -0.193. The molecule has 4 aromatic rings. The molecule has 6 heteroatoms. The van der Waals surface area contributed by atoms with Crippen LogP contribution in [0.1, 0.15) is 34.4 Å². The molecule has 0 spiro atoms. The number of nitrogens with zero attached hydrogens (tertiary/aromatic N) is 2. The fourth-order valence-electron chi connectivity index (χ4n) is 3.55. The minimum Gasteiger partial charge on any atom is -0.358 e. The zero-order chi connectivity index (χ0) is 19.8. The Hall–Kier alpha value is -3.41. The van der Waals surface area contributed by atoms with Crippen molar-refractivity contribution in [3.05, 3.63) is 75.5 Å². The zero-order valence-corrected chi connectivity index (χ0v) is 16.2. The number of carbonyl (C=O) groups is 1. The SMILES string of the molecule is CCN(Cc1nc2ccccc2c(=O)[nH]1)C(=O)c1cccc2c(C)c(C)[nH]c12. The molecule has 28 heavy (non-hydrogen) atoms. The van der Waals surface area contributed by atoms with E-state index in [4.69, 9.17) is 0 Å². The summed E-state index contributed by atoms with van der Waals surface area (Å²) >= 11 is 0. The molecule has 0 aliphatic heterocycles. The third kappa shape index (κ3) is 2.97. The molecule has 0 fully saturated rings. The first-order chi connectivity index (χ1) is 13.5. The number of hydrogen-bond acceptors (Lipinski definition) is 3. The number of aromatic amines is 2. The van der Waals surface area contributed by atoms with E-state index in [1.807, 2.05) is 51.1 Å². The molecule has 4 rings (SSSR count). The highest BCUT2D eigenvalue weighted by Gasteiger charge is 2.20. The summed E-state index contributed by atoms with van der Waals surface area (Å²) in [5.41, 5.74) is 4.11. The molecule has 1 amide bonds. The predicted molar refractivity (Wildman–Crippen MR) is 111 cm³/mol. The fourth-order valence-corrected chi connectivity index (χ4v) is 3.55. The minimum absolute atomic E-state index is 0.0924. The number of aromatic nitrogens is 3. The summed E-state index contributed by atoms with van der Waals surface area (Å²) in [6.45, 7) is 6.71. The van der Waals surface area contributed by atoms with Gasteiger partial charge in [-0.2, -0.15) is 0 Å². The van der Waals surface area contributed by atoms with Gasteiger partial charge in [-0.25, -0.2) is 4.98 Å². The van der Waals surface area contributed by atoms with Crippen LogP contribution < -0.4 is 5.56 Å². The molecule has 142 valence electrons. The van der Waals surface area contributed by atoms with E-state index in [0.717, 1.165) is 22.2 Å². The van der Waals surface area contributed by atoms with E-state index in [1.54, 1.807) is 17.0 Å². The maximum atomic E-state index is 13.2. The summed E-state index contributed by atoms with van der Waals surface area (Å²) in [6.07, 6.45) is 0. The first-order valence-electron chi connectivity index (χ1n) is 9.34. The van der Waals surface area contributed by atoms with Crippen LogP contribution in [0.2, 0.25) is 0 Å². The van der Waals surface area contributed by atoms with Gasteiger partial charge in [0, 0.05) is 17.6 Å². The highest BCUT2D eigenvalue weighted by molar-refractivity contribution is 6.06. The lowest BCUT2D eigenvalue weighted by molar-refractivity contribution is 0.0750. The molecular formula is C22H22N4O2. The van der Waals surface area contributed by atoms with Crippen LogP contribution in [-0.2, 0) is 6.54 Å². The average Bonchev–Trinajstić information content (AvgIpc) is 3.00. The smallest absolute Gasteiger partial charge is 0.258 e. The number of hydrogen-bond donors (Lipinski definition) is 2. The van der Waals surface area contributed by atoms with Gasteiger partial charge in [0.15, 0.2) is 0 Å². The molecule has 2 N–H and O–H groups in total. The molecule has 0 saturated carbocycles. The average molecular weight is 374 g/mol. The number of aryl methyl sites for hydroxylation is 2. The van der Waals surface area contributed by atoms with E-state index in [2.05, 4.69) is 15.0 Å². The molecule has 0 aliphatic rings. The number of benzene rings is 2. The van der Waals surface area contributed by atoms with E-state index in [1.165, 1.54) is 0 Å². The Morgan fingerprint density at radius 2 is 1.79 bits per heavy atom. The summed E-state index contributed by atoms with van der Waals surface area (Å²) in [6, 6.07) is 12.9. The van der Waals surface area contributed by atoms with Crippen LogP contribution in [0.5, 0.6) is 0 Å². The van der Waals surface area contributed by atoms with E-state index in [-0.39, 0.29) is 18.0 Å². The van der Waals surface area contributed by atoms with Crippen LogP contribution in [0.3, 0.4) is 0 Å². The van der Waals surface area contributed by atoms with Crippen LogP contribution in [0.4, 0.5) is 0 Å². The van der Waals surface area contributed by atoms with Crippen molar-refractivity contribution < 1.29 is 4.79 Å². The van der Waals surface area contributed by atoms with Crippen molar-refractivity contribution in [2.75, 3.05) is 6.54 Å². The van der Waals surface area contributed by atoms with Crippen LogP contribution in [-0.4, -0.2) is 32.3 Å². The Bertz CT molecular complexity index is 1250. The Balaban J connectivity index is 1.71. The second-order valence-corrected chi connectivity index (χ2v) is 6.95. The van der Waals surface area contributed by atoms with Gasteiger partial charge in [-0.3, -0.25) is 9.59 Å². The van der Waals surface area contributed by atoms with Crippen LogP contribution in [0, 0.1) is 13.8 Å². The molecule has 0 bridgehead atoms. The van der Waals surface area contributed by atoms with Gasteiger partial charge in [0.1, 0.15) is 5.82 Å². The van der Waals surface area contributed by atoms with Crippen molar-refractivity contribution in [2.24, 2.45) is 0 Å². The summed E-state index contributed by atoms with van der Waals surface area (Å²) in [5, 5.41) is 1.60. The Kier molecular flexibility index (Phi) is 4.47. The molecule has 0 unspecified atom stereocenters. The van der Waals surface area contributed by atoms with Gasteiger partial charge in [0.2, 0.25) is 0 Å². The highest BCUT2D eigenvalue weighted by Crippen LogP contribution is 2.25. The number of fused-ring (bicyclic) bond motifs is 2. The maximum Gasteiger partial charge on any atom is 0.258 e. The van der Waals surface area contributed by atoms with Crippen LogP contribution in [0.15, 0.2) is 47.3 Å². The molecule has 0 atom stereocenters. The topological polar surface area (TPSA) is 81.8 Å². The number of para-hydroxylation sites is 2. The van der Waals surface area contributed by atoms with Gasteiger partial charge in [-0.05, 0) is 44.5 Å². The number of amides is 1. The van der Waals surface area contributed by atoms with Gasteiger partial charge in [-0.15, -0.1) is 0 Å². The molecular weight excluding hydrogens is 352 g/mol. The summed E-state index contributed by atoms with van der Waals surface area (Å²) in [4.78, 5) is 37.9. The van der Waals surface area contributed by atoms with Crippen LogP contribution >= 0.6 is 0 Å². The van der Waals surface area contributed by atoms with Crippen LogP contribution in [0.25, 0.3) is 21.8 Å². The summed E-state index contributed by atoms with van der Waals surface area (Å²) in [5.74, 6) is 0.384. The lowest BCUT2D eigenvalue weighted by Crippen LogP contribution is -2.32. The molecule has 2 aromatic heterocycles. The molecule has 0 radical (unpaired) electrons. The summed E-state index contributed by atoms with van der Waals surface area (Å²) in [7, 11) is 0. The van der Waals surface area contributed by atoms with Gasteiger partial charge in [0.05, 0.1) is 28.5 Å². The van der Waals surface area contributed by atoms with Gasteiger partial charge < -0.3 is 14.9 Å². The van der Waals surface area contributed by atoms with Gasteiger partial charge in [0.25, 0.3) is 11.5 Å². The van der Waals surface area contributed by atoms with Crippen molar-refractivity contribution in [3.63, 3.8) is 0 Å². The van der Waals surface area contributed by atoms with Crippen molar-refractivity contribution in [1.82, 2.24) is 19.9 Å². The summed E-state index contributed by atoms with van der Waals surface area (Å²) < 4.78 is 0. The van der Waals surface area contributed by atoms with E-state index < -0.39 is 0 Å². The van der Waals surface area contributed by atoms with Gasteiger partial charge in [-0.1, -0.05) is 24.3 Å². The lowest BCUT2D eigenvalue weighted by Gasteiger charge is -2.21. The van der Waals surface area contributed by atoms with E-state index in [9.17, 15) is 9.59 Å². The largest absolute Gasteiger partial charge is 0.358 e. The molecule has 2 aromatic carbocycles. The lowest BCUT2D eigenvalue weighted by atomic mass is 10.1. The molecule has 6 nitrogen and oxygen atoms in total. The number of H-pyrrole nitrogens is 2. The third-order valence-corrected chi connectivity index (χ3v) is 5.25. The first-order valence-corrected chi connectivity index (χ1v) is 9.34.